The summed E-state index contributed by atoms with van der Waals surface area (Å²) in [5, 5.41) is 17.9. The first kappa shape index (κ1) is 13.9. The molecule has 0 rings (SSSR count). The lowest BCUT2D eigenvalue weighted by Crippen LogP contribution is -2.16. The van der Waals surface area contributed by atoms with Gasteiger partial charge in [0.15, 0.2) is 0 Å². The lowest BCUT2D eigenvalue weighted by Gasteiger charge is -2.10. The molecule has 0 fully saturated rings. The maximum absolute atomic E-state index is 9.43. The Bertz CT molecular complexity index is 107. The van der Waals surface area contributed by atoms with Crippen molar-refractivity contribution >= 4 is 0 Å². The third-order valence-electron chi connectivity index (χ3n) is 2.19. The minimum Gasteiger partial charge on any atom is -0.394 e. The van der Waals surface area contributed by atoms with E-state index in [0.717, 1.165) is 12.8 Å². The van der Waals surface area contributed by atoms with Crippen LogP contribution >= 0.6 is 0 Å². The number of hydrogen-bond donors (Lipinski definition) is 2. The first-order chi connectivity index (χ1) is 6.81. The van der Waals surface area contributed by atoms with Gasteiger partial charge in [-0.15, -0.1) is 0 Å². The van der Waals surface area contributed by atoms with Gasteiger partial charge >= 0.3 is 0 Å². The molecule has 0 saturated heterocycles. The normalized spacial score (nSPS) is 13.1. The highest BCUT2D eigenvalue weighted by Gasteiger charge is 2.03. The molecule has 0 aromatic rings. The highest BCUT2D eigenvalue weighted by Crippen LogP contribution is 2.07. The molecule has 0 saturated carbocycles. The molecular weight excluding hydrogens is 180 g/mol. The Morgan fingerprint density at radius 2 is 1.86 bits per heavy atom. The maximum Gasteiger partial charge on any atom is 0.0773 e. The van der Waals surface area contributed by atoms with E-state index in [-0.39, 0.29) is 12.7 Å². The standard InChI is InChI=1S/C11H24O3/c1-2-3-4-5-6-7-11(13)10-14-9-8-12/h11-13H,2-10H2,1H3. The van der Waals surface area contributed by atoms with Gasteiger partial charge in [0.25, 0.3) is 0 Å². The predicted octanol–water partition coefficient (Wildman–Crippen LogP) is 1.72. The third kappa shape index (κ3) is 9.96. The topological polar surface area (TPSA) is 49.7 Å². The van der Waals surface area contributed by atoms with Crippen molar-refractivity contribution in [3.8, 4) is 0 Å². The summed E-state index contributed by atoms with van der Waals surface area (Å²) in [6.45, 7) is 2.90. The number of unbranched alkanes of at least 4 members (excludes halogenated alkanes) is 4. The van der Waals surface area contributed by atoms with Crippen LogP contribution in [0.25, 0.3) is 0 Å². The van der Waals surface area contributed by atoms with E-state index in [4.69, 9.17) is 9.84 Å². The maximum atomic E-state index is 9.43. The molecule has 0 amide bonds. The zero-order valence-corrected chi connectivity index (χ0v) is 9.24. The third-order valence-corrected chi connectivity index (χ3v) is 2.19. The molecule has 0 heterocycles. The number of aliphatic hydroxyl groups excluding tert-OH is 2. The minimum atomic E-state index is -0.358. The number of rotatable bonds is 10. The molecule has 3 heteroatoms. The Morgan fingerprint density at radius 1 is 1.14 bits per heavy atom. The van der Waals surface area contributed by atoms with Crippen molar-refractivity contribution < 1.29 is 14.9 Å². The minimum absolute atomic E-state index is 0.0310. The van der Waals surface area contributed by atoms with E-state index >= 15 is 0 Å². The Labute approximate surface area is 87.1 Å². The molecule has 0 aliphatic heterocycles. The SMILES string of the molecule is CCCCCCCC(O)COCCO. The van der Waals surface area contributed by atoms with Crippen LogP contribution in [0.15, 0.2) is 0 Å². The molecule has 0 bridgehead atoms. The fourth-order valence-corrected chi connectivity index (χ4v) is 1.35. The summed E-state index contributed by atoms with van der Waals surface area (Å²) in [4.78, 5) is 0. The van der Waals surface area contributed by atoms with E-state index in [1.54, 1.807) is 0 Å². The Morgan fingerprint density at radius 3 is 2.50 bits per heavy atom. The van der Waals surface area contributed by atoms with E-state index in [0.29, 0.717) is 13.2 Å². The molecule has 0 aromatic heterocycles. The van der Waals surface area contributed by atoms with E-state index in [1.165, 1.54) is 25.7 Å². The average Bonchev–Trinajstić information content (AvgIpc) is 2.18. The molecule has 86 valence electrons. The van der Waals surface area contributed by atoms with Crippen LogP contribution in [0.1, 0.15) is 45.4 Å². The van der Waals surface area contributed by atoms with Crippen molar-refractivity contribution in [1.82, 2.24) is 0 Å². The summed E-state index contributed by atoms with van der Waals surface area (Å²) in [6, 6.07) is 0. The van der Waals surface area contributed by atoms with Crippen molar-refractivity contribution in [3.63, 3.8) is 0 Å². The predicted molar refractivity (Wildman–Crippen MR) is 57.3 cm³/mol. The second-order valence-corrected chi connectivity index (χ2v) is 3.66. The smallest absolute Gasteiger partial charge is 0.0773 e. The Hall–Kier alpha value is -0.120. The first-order valence-electron chi connectivity index (χ1n) is 5.68. The van der Waals surface area contributed by atoms with Gasteiger partial charge in [-0.2, -0.15) is 0 Å². The van der Waals surface area contributed by atoms with Gasteiger partial charge in [-0.05, 0) is 6.42 Å². The molecule has 1 atom stereocenters. The van der Waals surface area contributed by atoms with Crippen molar-refractivity contribution in [1.29, 1.82) is 0 Å². The zero-order chi connectivity index (χ0) is 10.6. The summed E-state index contributed by atoms with van der Waals surface area (Å²) in [5.74, 6) is 0. The van der Waals surface area contributed by atoms with Crippen LogP contribution in [0.3, 0.4) is 0 Å². The quantitative estimate of drug-likeness (QED) is 0.533. The van der Waals surface area contributed by atoms with Crippen LogP contribution in [0.5, 0.6) is 0 Å². The molecule has 0 spiro atoms. The van der Waals surface area contributed by atoms with Crippen LogP contribution in [0, 0.1) is 0 Å². The first-order valence-corrected chi connectivity index (χ1v) is 5.68. The molecule has 0 aromatic carbocycles. The van der Waals surface area contributed by atoms with Gasteiger partial charge in [-0.3, -0.25) is 0 Å². The summed E-state index contributed by atoms with van der Waals surface area (Å²) in [7, 11) is 0. The van der Waals surface area contributed by atoms with E-state index in [1.807, 2.05) is 0 Å². The van der Waals surface area contributed by atoms with E-state index < -0.39 is 0 Å². The van der Waals surface area contributed by atoms with Crippen LogP contribution in [-0.2, 0) is 4.74 Å². The summed E-state index contributed by atoms with van der Waals surface area (Å²) in [5.41, 5.74) is 0. The van der Waals surface area contributed by atoms with Gasteiger partial charge in [-0.1, -0.05) is 39.0 Å². The summed E-state index contributed by atoms with van der Waals surface area (Å²) in [6.07, 6.45) is 6.53. The molecule has 14 heavy (non-hydrogen) atoms. The molecule has 2 N–H and O–H groups in total. The molecule has 3 nitrogen and oxygen atoms in total. The summed E-state index contributed by atoms with van der Waals surface area (Å²) < 4.78 is 5.02. The Kier molecular flexibility index (Phi) is 10.9. The molecule has 0 aliphatic rings. The molecule has 0 radical (unpaired) electrons. The van der Waals surface area contributed by atoms with Crippen LogP contribution in [0.2, 0.25) is 0 Å². The van der Waals surface area contributed by atoms with E-state index in [2.05, 4.69) is 6.92 Å². The monoisotopic (exact) mass is 204 g/mol. The largest absolute Gasteiger partial charge is 0.394 e. The van der Waals surface area contributed by atoms with Crippen molar-refractivity contribution in [2.24, 2.45) is 0 Å². The average molecular weight is 204 g/mol. The van der Waals surface area contributed by atoms with Gasteiger partial charge in [0, 0.05) is 0 Å². The lowest BCUT2D eigenvalue weighted by atomic mass is 10.1. The Balaban J connectivity index is 3.06. The van der Waals surface area contributed by atoms with Crippen molar-refractivity contribution in [2.45, 2.75) is 51.6 Å². The number of hydrogen-bond acceptors (Lipinski definition) is 3. The fraction of sp³-hybridized carbons (Fsp3) is 1.00. The van der Waals surface area contributed by atoms with Gasteiger partial charge in [0.05, 0.1) is 25.9 Å². The molecule has 1 unspecified atom stereocenters. The second kappa shape index (κ2) is 11.0. The van der Waals surface area contributed by atoms with E-state index in [9.17, 15) is 5.11 Å². The van der Waals surface area contributed by atoms with Gasteiger partial charge in [0.1, 0.15) is 0 Å². The van der Waals surface area contributed by atoms with Gasteiger partial charge < -0.3 is 14.9 Å². The van der Waals surface area contributed by atoms with Crippen LogP contribution < -0.4 is 0 Å². The van der Waals surface area contributed by atoms with Crippen molar-refractivity contribution in [2.75, 3.05) is 19.8 Å². The second-order valence-electron chi connectivity index (χ2n) is 3.66. The fourth-order valence-electron chi connectivity index (χ4n) is 1.35. The highest BCUT2D eigenvalue weighted by atomic mass is 16.5. The van der Waals surface area contributed by atoms with Crippen LogP contribution in [0.4, 0.5) is 0 Å². The highest BCUT2D eigenvalue weighted by molar-refractivity contribution is 4.54. The van der Waals surface area contributed by atoms with Gasteiger partial charge in [0.2, 0.25) is 0 Å². The van der Waals surface area contributed by atoms with Gasteiger partial charge in [-0.25, -0.2) is 0 Å². The van der Waals surface area contributed by atoms with Crippen molar-refractivity contribution in [3.05, 3.63) is 0 Å². The van der Waals surface area contributed by atoms with Crippen LogP contribution in [-0.4, -0.2) is 36.1 Å². The zero-order valence-electron chi connectivity index (χ0n) is 9.24. The molecule has 0 aliphatic carbocycles. The lowest BCUT2D eigenvalue weighted by molar-refractivity contribution is 0.0170. The number of ether oxygens (including phenoxy) is 1. The summed E-state index contributed by atoms with van der Waals surface area (Å²) >= 11 is 0. The molecular formula is C11H24O3. The number of aliphatic hydroxyl groups is 2.